The maximum atomic E-state index is 11.1. The lowest BCUT2D eigenvalue weighted by molar-refractivity contribution is -0.142. The first kappa shape index (κ1) is 20.4. The van der Waals surface area contributed by atoms with Crippen molar-refractivity contribution in [1.82, 2.24) is 0 Å². The van der Waals surface area contributed by atoms with Gasteiger partial charge in [0.2, 0.25) is 0 Å². The molecule has 0 rings (SSSR count). The smallest absolute Gasteiger partial charge is 0.305 e. The number of carbonyl (C=O) groups excluding carboxylic acids is 1. The van der Waals surface area contributed by atoms with Crippen LogP contribution in [0.25, 0.3) is 0 Å². The van der Waals surface area contributed by atoms with Crippen molar-refractivity contribution < 1.29 is 14.6 Å². The topological polar surface area (TPSA) is 46.5 Å². The second kappa shape index (κ2) is 15.8. The van der Waals surface area contributed by atoms with Crippen molar-refractivity contribution in [3.63, 3.8) is 0 Å². The van der Waals surface area contributed by atoms with E-state index in [1.165, 1.54) is 71.3 Å². The average molecular weight is 300 g/mol. The molecule has 21 heavy (non-hydrogen) atoms. The summed E-state index contributed by atoms with van der Waals surface area (Å²) in [5, 5.41) is 9.22. The van der Waals surface area contributed by atoms with Gasteiger partial charge in [-0.25, -0.2) is 0 Å². The fourth-order valence-electron chi connectivity index (χ4n) is 2.67. The number of hydrogen-bond donors (Lipinski definition) is 1. The van der Waals surface area contributed by atoms with Crippen LogP contribution in [0.2, 0.25) is 0 Å². The van der Waals surface area contributed by atoms with Crippen molar-refractivity contribution in [2.45, 2.75) is 90.4 Å². The zero-order valence-electron chi connectivity index (χ0n) is 14.2. The highest BCUT2D eigenvalue weighted by Crippen LogP contribution is 2.16. The maximum absolute atomic E-state index is 11.1. The Labute approximate surface area is 131 Å². The summed E-state index contributed by atoms with van der Waals surface area (Å²) in [5.74, 6) is -0.131. The van der Waals surface area contributed by atoms with E-state index in [0.29, 0.717) is 6.42 Å². The summed E-state index contributed by atoms with van der Waals surface area (Å²) in [7, 11) is 1.40. The van der Waals surface area contributed by atoms with E-state index in [-0.39, 0.29) is 18.5 Å². The van der Waals surface area contributed by atoms with Crippen molar-refractivity contribution in [2.24, 2.45) is 5.92 Å². The van der Waals surface area contributed by atoms with Gasteiger partial charge in [0.15, 0.2) is 0 Å². The number of ether oxygens (including phenoxy) is 1. The summed E-state index contributed by atoms with van der Waals surface area (Å²) in [6, 6.07) is 0. The molecule has 0 spiro atoms. The van der Waals surface area contributed by atoms with Crippen LogP contribution in [0, 0.1) is 5.92 Å². The van der Waals surface area contributed by atoms with E-state index in [1.54, 1.807) is 0 Å². The SMILES string of the molecule is CCCCCCCCCCCCCC(CO)CC(=O)OC. The van der Waals surface area contributed by atoms with Crippen LogP contribution in [0.3, 0.4) is 0 Å². The molecular weight excluding hydrogens is 264 g/mol. The highest BCUT2D eigenvalue weighted by molar-refractivity contribution is 5.69. The van der Waals surface area contributed by atoms with Gasteiger partial charge >= 0.3 is 5.97 Å². The standard InChI is InChI=1S/C18H36O3/c1-3-4-5-6-7-8-9-10-11-12-13-14-17(16-19)15-18(20)21-2/h17,19H,3-16H2,1-2H3. The van der Waals surface area contributed by atoms with Gasteiger partial charge in [-0.1, -0.05) is 77.6 Å². The van der Waals surface area contributed by atoms with Crippen molar-refractivity contribution in [3.05, 3.63) is 0 Å². The quantitative estimate of drug-likeness (QED) is 0.347. The summed E-state index contributed by atoms with van der Waals surface area (Å²) in [5.41, 5.74) is 0. The molecule has 0 bridgehead atoms. The number of aliphatic hydroxyl groups excluding tert-OH is 1. The molecule has 0 aromatic rings. The molecule has 1 atom stereocenters. The second-order valence-electron chi connectivity index (χ2n) is 6.15. The first-order chi connectivity index (χ1) is 10.2. The molecule has 0 aliphatic heterocycles. The largest absolute Gasteiger partial charge is 0.469 e. The molecule has 0 fully saturated rings. The molecule has 1 unspecified atom stereocenters. The van der Waals surface area contributed by atoms with Gasteiger partial charge in [0, 0.05) is 6.61 Å². The molecule has 0 heterocycles. The number of carbonyl (C=O) groups is 1. The fraction of sp³-hybridized carbons (Fsp3) is 0.944. The van der Waals surface area contributed by atoms with E-state index in [0.717, 1.165) is 12.8 Å². The minimum Gasteiger partial charge on any atom is -0.469 e. The van der Waals surface area contributed by atoms with Crippen LogP contribution >= 0.6 is 0 Å². The van der Waals surface area contributed by atoms with Crippen molar-refractivity contribution >= 4 is 5.97 Å². The zero-order valence-corrected chi connectivity index (χ0v) is 14.2. The molecule has 0 aliphatic rings. The van der Waals surface area contributed by atoms with E-state index < -0.39 is 0 Å². The third-order valence-corrected chi connectivity index (χ3v) is 4.16. The summed E-state index contributed by atoms with van der Waals surface area (Å²) < 4.78 is 4.64. The lowest BCUT2D eigenvalue weighted by Crippen LogP contribution is -2.13. The lowest BCUT2D eigenvalue weighted by atomic mass is 9.98. The molecule has 0 radical (unpaired) electrons. The Morgan fingerprint density at radius 2 is 1.38 bits per heavy atom. The molecule has 0 saturated carbocycles. The van der Waals surface area contributed by atoms with Gasteiger partial charge < -0.3 is 9.84 Å². The van der Waals surface area contributed by atoms with Crippen LogP contribution in [-0.4, -0.2) is 24.8 Å². The number of aliphatic hydroxyl groups is 1. The third-order valence-electron chi connectivity index (χ3n) is 4.16. The minimum atomic E-state index is -0.211. The van der Waals surface area contributed by atoms with E-state index in [4.69, 9.17) is 0 Å². The summed E-state index contributed by atoms with van der Waals surface area (Å²) in [6.45, 7) is 2.35. The van der Waals surface area contributed by atoms with E-state index in [1.807, 2.05) is 0 Å². The van der Waals surface area contributed by atoms with Gasteiger partial charge in [-0.05, 0) is 12.3 Å². The molecule has 0 amide bonds. The predicted octanol–water partition coefficient (Wildman–Crippen LogP) is 4.86. The van der Waals surface area contributed by atoms with Gasteiger partial charge in [0.05, 0.1) is 13.5 Å². The number of esters is 1. The minimum absolute atomic E-state index is 0.0796. The highest BCUT2D eigenvalue weighted by atomic mass is 16.5. The van der Waals surface area contributed by atoms with Crippen molar-refractivity contribution in [3.8, 4) is 0 Å². The number of rotatable bonds is 15. The second-order valence-corrected chi connectivity index (χ2v) is 6.15. The summed E-state index contributed by atoms with van der Waals surface area (Å²) >= 11 is 0. The lowest BCUT2D eigenvalue weighted by Gasteiger charge is -2.12. The first-order valence-electron chi connectivity index (χ1n) is 8.92. The molecule has 0 aromatic carbocycles. The Bertz CT molecular complexity index is 229. The molecule has 126 valence electrons. The Kier molecular flexibility index (Phi) is 15.4. The molecule has 0 aliphatic carbocycles. The van der Waals surface area contributed by atoms with Crippen LogP contribution in [0.5, 0.6) is 0 Å². The monoisotopic (exact) mass is 300 g/mol. The van der Waals surface area contributed by atoms with Gasteiger partial charge in [0.1, 0.15) is 0 Å². The fourth-order valence-corrected chi connectivity index (χ4v) is 2.67. The Morgan fingerprint density at radius 1 is 0.905 bits per heavy atom. The normalized spacial score (nSPS) is 12.3. The number of hydrogen-bond acceptors (Lipinski definition) is 3. The molecule has 3 heteroatoms. The van der Waals surface area contributed by atoms with Gasteiger partial charge in [0.25, 0.3) is 0 Å². The van der Waals surface area contributed by atoms with Crippen LogP contribution in [-0.2, 0) is 9.53 Å². The van der Waals surface area contributed by atoms with Gasteiger partial charge in [-0.2, -0.15) is 0 Å². The van der Waals surface area contributed by atoms with Gasteiger partial charge in [-0.15, -0.1) is 0 Å². The third kappa shape index (κ3) is 14.1. The molecule has 0 aromatic heterocycles. The van der Waals surface area contributed by atoms with E-state index in [2.05, 4.69) is 11.7 Å². The van der Waals surface area contributed by atoms with Gasteiger partial charge in [-0.3, -0.25) is 4.79 Å². The predicted molar refractivity (Wildman–Crippen MR) is 88.3 cm³/mol. The maximum Gasteiger partial charge on any atom is 0.305 e. The number of methoxy groups -OCH3 is 1. The van der Waals surface area contributed by atoms with E-state index >= 15 is 0 Å². The molecule has 1 N–H and O–H groups in total. The van der Waals surface area contributed by atoms with Crippen LogP contribution in [0.4, 0.5) is 0 Å². The Morgan fingerprint density at radius 3 is 1.81 bits per heavy atom. The molecular formula is C18H36O3. The zero-order chi connectivity index (χ0) is 15.8. The van der Waals surface area contributed by atoms with Crippen molar-refractivity contribution in [1.29, 1.82) is 0 Å². The molecule has 0 saturated heterocycles. The Balaban J connectivity index is 3.28. The first-order valence-corrected chi connectivity index (χ1v) is 8.92. The average Bonchev–Trinajstić information content (AvgIpc) is 2.51. The van der Waals surface area contributed by atoms with Crippen LogP contribution in [0.15, 0.2) is 0 Å². The van der Waals surface area contributed by atoms with Crippen LogP contribution in [0.1, 0.15) is 90.4 Å². The molecule has 3 nitrogen and oxygen atoms in total. The number of unbranched alkanes of at least 4 members (excludes halogenated alkanes) is 10. The highest BCUT2D eigenvalue weighted by Gasteiger charge is 2.12. The van der Waals surface area contributed by atoms with E-state index in [9.17, 15) is 9.90 Å². The van der Waals surface area contributed by atoms with Crippen LogP contribution < -0.4 is 0 Å². The Hall–Kier alpha value is -0.570. The summed E-state index contributed by atoms with van der Waals surface area (Å²) in [4.78, 5) is 11.1. The van der Waals surface area contributed by atoms with Crippen molar-refractivity contribution in [2.75, 3.05) is 13.7 Å². The summed E-state index contributed by atoms with van der Waals surface area (Å²) in [6.07, 6.45) is 15.9.